The lowest BCUT2D eigenvalue weighted by Crippen LogP contribution is -2.48. The van der Waals surface area contributed by atoms with Gasteiger partial charge in [0.25, 0.3) is 5.91 Å². The van der Waals surface area contributed by atoms with E-state index in [4.69, 9.17) is 10.5 Å². The molecule has 1 fully saturated rings. The zero-order valence-electron chi connectivity index (χ0n) is 28.1. The molecule has 0 saturated carbocycles. The Kier molecular flexibility index (Phi) is 21.4. The monoisotopic (exact) mass is 675 g/mol. The van der Waals surface area contributed by atoms with Crippen LogP contribution in [0.3, 0.4) is 0 Å². The van der Waals surface area contributed by atoms with E-state index in [1.807, 2.05) is 30.9 Å². The predicted octanol–water partition coefficient (Wildman–Crippen LogP) is 3.73. The van der Waals surface area contributed by atoms with Crippen LogP contribution in [0, 0.1) is 23.7 Å². The fourth-order valence-electron chi connectivity index (χ4n) is 5.40. The van der Waals surface area contributed by atoms with E-state index >= 15 is 0 Å². The van der Waals surface area contributed by atoms with Crippen LogP contribution in [-0.2, 0) is 9.59 Å². The van der Waals surface area contributed by atoms with Crippen molar-refractivity contribution in [2.24, 2.45) is 29.4 Å². The summed E-state index contributed by atoms with van der Waals surface area (Å²) in [5, 5.41) is 17.0. The van der Waals surface area contributed by atoms with E-state index in [1.165, 1.54) is 0 Å². The molecule has 1 aromatic rings. The molecule has 12 heteroatoms. The number of amides is 3. The molecule has 45 heavy (non-hydrogen) atoms. The quantitative estimate of drug-likeness (QED) is 0.174. The molecule has 1 aliphatic rings. The number of hydrogen-bond acceptors (Lipinski definition) is 7. The first-order valence-corrected chi connectivity index (χ1v) is 16.1. The number of para-hydroxylation sites is 1. The zero-order chi connectivity index (χ0) is 31.9. The van der Waals surface area contributed by atoms with Gasteiger partial charge in [0.2, 0.25) is 11.8 Å². The minimum absolute atomic E-state index is 0. The lowest BCUT2D eigenvalue weighted by atomic mass is 9.83. The van der Waals surface area contributed by atoms with Crippen LogP contribution < -0.4 is 21.1 Å². The largest absolute Gasteiger partial charge is 0.491 e. The third kappa shape index (κ3) is 14.9. The van der Waals surface area contributed by atoms with E-state index in [9.17, 15) is 19.5 Å². The first-order valence-electron chi connectivity index (χ1n) is 16.1. The van der Waals surface area contributed by atoms with Crippen molar-refractivity contribution in [3.05, 3.63) is 29.8 Å². The van der Waals surface area contributed by atoms with Gasteiger partial charge < -0.3 is 31.1 Å². The number of nitrogens with zero attached hydrogens (tertiary/aromatic N) is 2. The molecule has 4 atom stereocenters. The van der Waals surface area contributed by atoms with Gasteiger partial charge in [-0.05, 0) is 49.1 Å². The van der Waals surface area contributed by atoms with E-state index in [2.05, 4.69) is 36.3 Å². The van der Waals surface area contributed by atoms with Crippen LogP contribution >= 0.6 is 24.8 Å². The van der Waals surface area contributed by atoms with E-state index < -0.39 is 12.1 Å². The van der Waals surface area contributed by atoms with Gasteiger partial charge in [-0.2, -0.15) is 0 Å². The topological polar surface area (TPSA) is 137 Å². The normalized spacial score (nSPS) is 16.2. The molecule has 0 aromatic heterocycles. The minimum atomic E-state index is -0.819. The number of halogens is 2. The Morgan fingerprint density at radius 1 is 0.978 bits per heavy atom. The average molecular weight is 677 g/mol. The second kappa shape index (κ2) is 22.4. The highest BCUT2D eigenvalue weighted by atomic mass is 35.5. The van der Waals surface area contributed by atoms with Crippen molar-refractivity contribution in [2.45, 2.75) is 79.4 Å². The minimum Gasteiger partial charge on any atom is -0.491 e. The molecule has 5 N–H and O–H groups in total. The Labute approximate surface area is 283 Å². The maximum atomic E-state index is 13.2. The maximum absolute atomic E-state index is 13.2. The van der Waals surface area contributed by atoms with Crippen molar-refractivity contribution < 1.29 is 24.2 Å². The van der Waals surface area contributed by atoms with E-state index in [0.717, 1.165) is 45.6 Å². The molecule has 3 amide bonds. The number of carbonyl (C=O) groups excluding carboxylic acids is 3. The number of nitrogens with one attached hydrogen (secondary N) is 2. The van der Waals surface area contributed by atoms with Gasteiger partial charge >= 0.3 is 0 Å². The van der Waals surface area contributed by atoms with Gasteiger partial charge in [-0.1, -0.05) is 53.2 Å². The Balaban J connectivity index is 0.00000968. The van der Waals surface area contributed by atoms with Crippen molar-refractivity contribution in [1.29, 1.82) is 0 Å². The lowest BCUT2D eigenvalue weighted by molar-refractivity contribution is -0.130. The molecule has 4 unspecified atom stereocenters. The molecule has 1 heterocycles. The summed E-state index contributed by atoms with van der Waals surface area (Å²) < 4.78 is 6.02. The highest BCUT2D eigenvalue weighted by molar-refractivity contribution is 5.96. The van der Waals surface area contributed by atoms with E-state index in [-0.39, 0.29) is 66.2 Å². The van der Waals surface area contributed by atoms with Crippen molar-refractivity contribution in [3.8, 4) is 5.75 Å². The zero-order valence-corrected chi connectivity index (χ0v) is 29.8. The fraction of sp³-hybridized carbons (Fsp3) is 0.727. The SMILES string of the molecule is CCCCNC(=O)C(CC(O)C(N)CC(CNC(=O)c1ccccc1OCCN1CCN(C(C)=O)CC1)C(C)C)C(C)C.Cl.Cl. The molecule has 2 rings (SSSR count). The van der Waals surface area contributed by atoms with Gasteiger partial charge in [-0.25, -0.2) is 0 Å². The number of aliphatic hydroxyl groups is 1. The number of benzene rings is 1. The highest BCUT2D eigenvalue weighted by Crippen LogP contribution is 2.24. The second-order valence-corrected chi connectivity index (χ2v) is 12.6. The van der Waals surface area contributed by atoms with Gasteiger partial charge in [-0.3, -0.25) is 19.3 Å². The fourth-order valence-corrected chi connectivity index (χ4v) is 5.40. The van der Waals surface area contributed by atoms with Crippen LogP contribution in [0.15, 0.2) is 24.3 Å². The molecule has 10 nitrogen and oxygen atoms in total. The third-order valence-corrected chi connectivity index (χ3v) is 8.62. The van der Waals surface area contributed by atoms with Crippen molar-refractivity contribution in [1.82, 2.24) is 20.4 Å². The molecular formula is C33H59Cl2N5O5. The molecule has 0 radical (unpaired) electrons. The van der Waals surface area contributed by atoms with Crippen LogP contribution in [0.5, 0.6) is 5.75 Å². The first-order chi connectivity index (χ1) is 20.4. The molecule has 260 valence electrons. The van der Waals surface area contributed by atoms with Crippen LogP contribution in [0.25, 0.3) is 0 Å². The number of piperazine rings is 1. The van der Waals surface area contributed by atoms with Gasteiger partial charge in [0.1, 0.15) is 12.4 Å². The third-order valence-electron chi connectivity index (χ3n) is 8.62. The summed E-state index contributed by atoms with van der Waals surface area (Å²) in [5.41, 5.74) is 6.95. The Hall–Kier alpha value is -2.11. The molecule has 1 saturated heterocycles. The molecule has 1 aromatic carbocycles. The smallest absolute Gasteiger partial charge is 0.255 e. The Morgan fingerprint density at radius 3 is 2.20 bits per heavy atom. The Bertz CT molecular complexity index is 1010. The van der Waals surface area contributed by atoms with Crippen LogP contribution in [0.1, 0.15) is 77.6 Å². The standard InChI is InChI=1S/C33H57N5O5.2ClH/c1-7-8-13-35-33(42)28(24(4)5)21-30(40)29(34)20-26(23(2)3)22-36-32(41)27-11-9-10-12-31(27)43-19-18-37-14-16-38(17-15-37)25(6)39;;/h9-12,23-24,26,28-30,40H,7-8,13-22,34H2,1-6H3,(H,35,42)(H,36,41);2*1H. The van der Waals surface area contributed by atoms with Crippen molar-refractivity contribution in [3.63, 3.8) is 0 Å². The summed E-state index contributed by atoms with van der Waals surface area (Å²) in [6.45, 7) is 17.1. The van der Waals surface area contributed by atoms with Crippen LogP contribution in [0.4, 0.5) is 0 Å². The lowest BCUT2D eigenvalue weighted by Gasteiger charge is -2.34. The van der Waals surface area contributed by atoms with E-state index in [1.54, 1.807) is 19.1 Å². The number of carbonyl (C=O) groups is 3. The number of rotatable bonds is 18. The van der Waals surface area contributed by atoms with Gasteiger partial charge in [0, 0.05) is 64.7 Å². The number of unbranched alkanes of at least 4 members (excludes halogenated alkanes) is 1. The number of hydrogen-bond donors (Lipinski definition) is 4. The summed E-state index contributed by atoms with van der Waals surface area (Å²) >= 11 is 0. The van der Waals surface area contributed by atoms with Gasteiger partial charge in [-0.15, -0.1) is 24.8 Å². The molecule has 1 aliphatic heterocycles. The highest BCUT2D eigenvalue weighted by Gasteiger charge is 2.30. The van der Waals surface area contributed by atoms with Crippen molar-refractivity contribution >= 4 is 42.5 Å². The molecular weight excluding hydrogens is 617 g/mol. The predicted molar refractivity (Wildman–Crippen MR) is 185 cm³/mol. The molecule has 0 spiro atoms. The summed E-state index contributed by atoms with van der Waals surface area (Å²) in [7, 11) is 0. The van der Waals surface area contributed by atoms with Crippen molar-refractivity contribution in [2.75, 3.05) is 52.4 Å². The maximum Gasteiger partial charge on any atom is 0.255 e. The summed E-state index contributed by atoms with van der Waals surface area (Å²) in [4.78, 5) is 41.6. The summed E-state index contributed by atoms with van der Waals surface area (Å²) in [5.74, 6) is 0.453. The average Bonchev–Trinajstić information content (AvgIpc) is 2.97. The molecule has 0 bridgehead atoms. The van der Waals surface area contributed by atoms with Gasteiger partial charge in [0.15, 0.2) is 0 Å². The Morgan fingerprint density at radius 2 is 1.62 bits per heavy atom. The summed E-state index contributed by atoms with van der Waals surface area (Å²) in [6.07, 6.45) is 1.95. The van der Waals surface area contributed by atoms with Crippen LogP contribution in [-0.4, -0.2) is 97.2 Å². The van der Waals surface area contributed by atoms with Crippen LogP contribution in [0.2, 0.25) is 0 Å². The first kappa shape index (κ1) is 42.9. The summed E-state index contributed by atoms with van der Waals surface area (Å²) in [6, 6.07) is 6.72. The van der Waals surface area contributed by atoms with Gasteiger partial charge in [0.05, 0.1) is 11.7 Å². The number of ether oxygens (including phenoxy) is 1. The number of aliphatic hydroxyl groups excluding tert-OH is 1. The number of nitrogens with two attached hydrogens (primary N) is 1. The second-order valence-electron chi connectivity index (χ2n) is 12.6. The molecule has 0 aliphatic carbocycles. The van der Waals surface area contributed by atoms with E-state index in [0.29, 0.717) is 43.9 Å².